The first-order chi connectivity index (χ1) is 7.05. The summed E-state index contributed by atoms with van der Waals surface area (Å²) >= 11 is 1.55. The van der Waals surface area contributed by atoms with Crippen molar-refractivity contribution in [3.05, 3.63) is 22.7 Å². The van der Waals surface area contributed by atoms with Gasteiger partial charge < -0.3 is 15.4 Å². The number of aromatic nitrogens is 2. The number of aromatic amines is 1. The van der Waals surface area contributed by atoms with E-state index in [9.17, 15) is 9.90 Å². The fraction of sp³-hybridized carbons (Fsp3) is 0.556. The van der Waals surface area contributed by atoms with Gasteiger partial charge in [0.25, 0.3) is 5.56 Å². The lowest BCUT2D eigenvalue weighted by molar-refractivity contribution is 0.0996. The molecular weight excluding hydrogens is 214 g/mol. The molecule has 0 bridgehead atoms. The lowest BCUT2D eigenvalue weighted by Gasteiger charge is -2.22. The van der Waals surface area contributed by atoms with Crippen LogP contribution in [0.4, 0.5) is 5.82 Å². The molecule has 15 heavy (non-hydrogen) atoms. The Kier molecular flexibility index (Phi) is 4.16. The highest BCUT2D eigenvalue weighted by atomic mass is 32.2. The zero-order valence-electron chi connectivity index (χ0n) is 8.78. The van der Waals surface area contributed by atoms with Crippen LogP contribution in [-0.2, 0) is 0 Å². The van der Waals surface area contributed by atoms with Gasteiger partial charge in [-0.3, -0.25) is 4.79 Å². The Morgan fingerprint density at radius 3 is 3.07 bits per heavy atom. The molecule has 0 aromatic carbocycles. The van der Waals surface area contributed by atoms with Crippen molar-refractivity contribution in [2.24, 2.45) is 0 Å². The third-order valence-electron chi connectivity index (χ3n) is 1.80. The first-order valence-corrected chi connectivity index (χ1v) is 5.93. The first-order valence-electron chi connectivity index (χ1n) is 4.54. The van der Waals surface area contributed by atoms with Gasteiger partial charge in [0.05, 0.1) is 5.60 Å². The van der Waals surface area contributed by atoms with Crippen molar-refractivity contribution in [2.75, 3.05) is 23.9 Å². The molecule has 0 aliphatic heterocycles. The molecule has 6 heteroatoms. The third kappa shape index (κ3) is 3.93. The average molecular weight is 229 g/mol. The largest absolute Gasteiger partial charge is 0.387 e. The van der Waals surface area contributed by atoms with Crippen molar-refractivity contribution >= 4 is 17.6 Å². The molecule has 1 unspecified atom stereocenters. The molecule has 0 fully saturated rings. The summed E-state index contributed by atoms with van der Waals surface area (Å²) in [5.41, 5.74) is -1.12. The highest BCUT2D eigenvalue weighted by Gasteiger charge is 2.19. The smallest absolute Gasteiger partial charge is 0.290 e. The normalized spacial score (nSPS) is 14.6. The second kappa shape index (κ2) is 5.18. The summed E-state index contributed by atoms with van der Waals surface area (Å²) in [5.74, 6) is 0.837. The maximum atomic E-state index is 11.2. The summed E-state index contributed by atoms with van der Waals surface area (Å²) in [6, 6.07) is 0. The van der Waals surface area contributed by atoms with Crippen molar-refractivity contribution in [2.45, 2.75) is 12.5 Å². The van der Waals surface area contributed by atoms with Crippen LogP contribution in [0, 0.1) is 0 Å². The van der Waals surface area contributed by atoms with Gasteiger partial charge in [-0.2, -0.15) is 11.8 Å². The van der Waals surface area contributed by atoms with Crippen LogP contribution in [0.2, 0.25) is 0 Å². The van der Waals surface area contributed by atoms with E-state index in [0.29, 0.717) is 12.3 Å². The molecule has 0 aliphatic rings. The number of aliphatic hydroxyl groups is 1. The molecule has 0 aliphatic carbocycles. The molecule has 0 radical (unpaired) electrons. The third-order valence-corrected chi connectivity index (χ3v) is 2.71. The number of H-pyrrole nitrogens is 1. The van der Waals surface area contributed by atoms with Gasteiger partial charge in [0.1, 0.15) is 0 Å². The van der Waals surface area contributed by atoms with Gasteiger partial charge in [-0.25, -0.2) is 4.98 Å². The van der Waals surface area contributed by atoms with E-state index in [2.05, 4.69) is 15.3 Å². The van der Waals surface area contributed by atoms with E-state index in [0.717, 1.165) is 0 Å². The van der Waals surface area contributed by atoms with Gasteiger partial charge in [0.2, 0.25) is 0 Å². The Bertz CT molecular complexity index is 364. The van der Waals surface area contributed by atoms with Crippen molar-refractivity contribution in [3.63, 3.8) is 0 Å². The Morgan fingerprint density at radius 1 is 1.73 bits per heavy atom. The second-order valence-corrected chi connectivity index (χ2v) is 4.42. The van der Waals surface area contributed by atoms with E-state index in [4.69, 9.17) is 0 Å². The quantitative estimate of drug-likeness (QED) is 0.676. The van der Waals surface area contributed by atoms with Crippen LogP contribution in [0.1, 0.15) is 6.92 Å². The first kappa shape index (κ1) is 12.1. The van der Waals surface area contributed by atoms with E-state index in [1.54, 1.807) is 18.7 Å². The summed E-state index contributed by atoms with van der Waals surface area (Å²) in [5, 5.41) is 12.7. The van der Waals surface area contributed by atoms with Gasteiger partial charge in [0, 0.05) is 24.7 Å². The molecule has 84 valence electrons. The Balaban J connectivity index is 2.57. The summed E-state index contributed by atoms with van der Waals surface area (Å²) in [7, 11) is 0. The van der Waals surface area contributed by atoms with Crippen LogP contribution in [0.15, 0.2) is 17.2 Å². The molecule has 0 saturated carbocycles. The highest BCUT2D eigenvalue weighted by Crippen LogP contribution is 2.10. The number of anilines is 1. The predicted octanol–water partition coefficient (Wildman–Crippen LogP) is 0.296. The lowest BCUT2D eigenvalue weighted by Crippen LogP contribution is -2.37. The number of hydrogen-bond acceptors (Lipinski definition) is 5. The monoisotopic (exact) mass is 229 g/mol. The summed E-state index contributed by atoms with van der Waals surface area (Å²) < 4.78 is 0. The molecule has 0 amide bonds. The van der Waals surface area contributed by atoms with Gasteiger partial charge >= 0.3 is 0 Å². The van der Waals surface area contributed by atoms with Crippen molar-refractivity contribution < 1.29 is 5.11 Å². The molecule has 1 aromatic heterocycles. The van der Waals surface area contributed by atoms with Crippen LogP contribution in [0.25, 0.3) is 0 Å². The Labute approximate surface area is 92.3 Å². The predicted molar refractivity (Wildman–Crippen MR) is 62.4 cm³/mol. The standard InChI is InChI=1S/C9H15N3O2S/c1-9(14,6-15-2)5-12-7-8(13)11-4-3-10-7/h3-4,14H,5-6H2,1-2H3,(H,10,12)(H,11,13). The maximum Gasteiger partial charge on any atom is 0.290 e. The van der Waals surface area contributed by atoms with Crippen molar-refractivity contribution in [1.82, 2.24) is 9.97 Å². The van der Waals surface area contributed by atoms with E-state index < -0.39 is 5.60 Å². The van der Waals surface area contributed by atoms with Crippen molar-refractivity contribution in [3.8, 4) is 0 Å². The molecular formula is C9H15N3O2S. The Hall–Kier alpha value is -1.01. The minimum Gasteiger partial charge on any atom is -0.387 e. The topological polar surface area (TPSA) is 78.0 Å². The van der Waals surface area contributed by atoms with Crippen LogP contribution in [-0.4, -0.2) is 39.2 Å². The highest BCUT2D eigenvalue weighted by molar-refractivity contribution is 7.98. The fourth-order valence-electron chi connectivity index (χ4n) is 1.11. The SMILES string of the molecule is CSCC(C)(O)CNc1ncc[nH]c1=O. The molecule has 1 atom stereocenters. The number of thioether (sulfide) groups is 1. The molecule has 5 nitrogen and oxygen atoms in total. The minimum atomic E-state index is -0.844. The van der Waals surface area contributed by atoms with E-state index in [1.807, 2.05) is 6.26 Å². The van der Waals surface area contributed by atoms with Gasteiger partial charge in [0.15, 0.2) is 5.82 Å². The summed E-state index contributed by atoms with van der Waals surface area (Å²) in [6.45, 7) is 2.02. The minimum absolute atomic E-state index is 0.235. The molecule has 0 saturated heterocycles. The maximum absolute atomic E-state index is 11.2. The van der Waals surface area contributed by atoms with Gasteiger partial charge in [-0.1, -0.05) is 0 Å². The lowest BCUT2D eigenvalue weighted by atomic mass is 10.1. The van der Waals surface area contributed by atoms with Crippen LogP contribution < -0.4 is 10.9 Å². The summed E-state index contributed by atoms with van der Waals surface area (Å²) in [6.07, 6.45) is 4.88. The van der Waals surface area contributed by atoms with E-state index in [1.165, 1.54) is 12.4 Å². The van der Waals surface area contributed by atoms with E-state index >= 15 is 0 Å². The number of nitrogens with zero attached hydrogens (tertiary/aromatic N) is 1. The zero-order valence-corrected chi connectivity index (χ0v) is 9.60. The number of hydrogen-bond donors (Lipinski definition) is 3. The Morgan fingerprint density at radius 2 is 2.47 bits per heavy atom. The zero-order chi connectivity index (χ0) is 11.3. The average Bonchev–Trinajstić information content (AvgIpc) is 2.16. The fourth-order valence-corrected chi connectivity index (χ4v) is 1.84. The van der Waals surface area contributed by atoms with Gasteiger partial charge in [-0.05, 0) is 13.2 Å². The number of nitrogens with one attached hydrogen (secondary N) is 2. The molecule has 3 N–H and O–H groups in total. The summed E-state index contributed by atoms with van der Waals surface area (Å²) in [4.78, 5) is 17.6. The van der Waals surface area contributed by atoms with Gasteiger partial charge in [-0.15, -0.1) is 0 Å². The second-order valence-electron chi connectivity index (χ2n) is 3.55. The van der Waals surface area contributed by atoms with E-state index in [-0.39, 0.29) is 11.4 Å². The van der Waals surface area contributed by atoms with Crippen LogP contribution in [0.3, 0.4) is 0 Å². The van der Waals surface area contributed by atoms with Crippen LogP contribution >= 0.6 is 11.8 Å². The molecule has 1 aromatic rings. The molecule has 1 rings (SSSR count). The van der Waals surface area contributed by atoms with Crippen molar-refractivity contribution in [1.29, 1.82) is 0 Å². The number of rotatable bonds is 5. The molecule has 0 spiro atoms. The van der Waals surface area contributed by atoms with Crippen LogP contribution in [0.5, 0.6) is 0 Å². The molecule has 1 heterocycles.